The maximum atomic E-state index is 13.6. The van der Waals surface area contributed by atoms with Crippen LogP contribution in [0.4, 0.5) is 11.4 Å². The molecule has 1 saturated heterocycles. The number of thiocarbonyl (C=S) groups is 1. The van der Waals surface area contributed by atoms with Gasteiger partial charge in [0.05, 0.1) is 21.1 Å². The number of rotatable bonds is 10. The Morgan fingerprint density at radius 2 is 1.84 bits per heavy atom. The number of nitro groups is 1. The molecule has 1 heterocycles. The molecule has 5 N–H and O–H groups in total. The Morgan fingerprint density at radius 3 is 2.34 bits per heavy atom. The second kappa shape index (κ2) is 11.2. The number of ether oxygens (including phenoxy) is 1. The molecule has 3 rings (SSSR count). The van der Waals surface area contributed by atoms with Crippen LogP contribution in [-0.4, -0.2) is 64.1 Å². The number of hydrogen-bond acceptors (Lipinski definition) is 10. The van der Waals surface area contributed by atoms with Crippen LogP contribution in [0.1, 0.15) is 22.3 Å². The zero-order valence-corrected chi connectivity index (χ0v) is 21.0. The first-order valence-electron chi connectivity index (χ1n) is 10.8. The molecule has 14 nitrogen and oxygen atoms in total. The van der Waals surface area contributed by atoms with Gasteiger partial charge in [-0.3, -0.25) is 24.3 Å². The zero-order valence-electron chi connectivity index (χ0n) is 19.3. The van der Waals surface area contributed by atoms with Crippen molar-refractivity contribution in [2.24, 2.45) is 11.3 Å². The maximum Gasteiger partial charge on any atom is 0.337 e. The topological polar surface area (TPSA) is 222 Å². The van der Waals surface area contributed by atoms with E-state index in [1.54, 1.807) is 0 Å². The van der Waals surface area contributed by atoms with E-state index in [1.807, 2.05) is 0 Å². The van der Waals surface area contributed by atoms with Crippen molar-refractivity contribution < 1.29 is 47.2 Å². The molecule has 0 bridgehead atoms. The Hall–Kier alpha value is -3.99. The molecule has 1 fully saturated rings. The molecule has 0 aliphatic carbocycles. The molecule has 16 heteroatoms. The normalized spacial score (nSPS) is 16.7. The van der Waals surface area contributed by atoms with Gasteiger partial charge in [-0.05, 0) is 61.1 Å². The van der Waals surface area contributed by atoms with Gasteiger partial charge in [-0.25, -0.2) is 4.79 Å². The number of carboxylic acid groups (broad SMARTS) is 1. The third-order valence-electron chi connectivity index (χ3n) is 5.97. The average Bonchev–Trinajstić information content (AvgIpc) is 3.37. The highest BCUT2D eigenvalue weighted by Crippen LogP contribution is 2.37. The molecular weight excluding hydrogens is 546 g/mol. The lowest BCUT2D eigenvalue weighted by Gasteiger charge is -2.33. The first kappa shape index (κ1) is 28.6. The molecule has 1 amide bonds. The molecule has 38 heavy (non-hydrogen) atoms. The molecule has 0 aromatic heterocycles. The van der Waals surface area contributed by atoms with Gasteiger partial charge in [0.1, 0.15) is 6.61 Å². The van der Waals surface area contributed by atoms with E-state index < -0.39 is 72.0 Å². The van der Waals surface area contributed by atoms with Gasteiger partial charge in [-0.2, -0.15) is 8.42 Å². The predicted molar refractivity (Wildman–Crippen MR) is 133 cm³/mol. The van der Waals surface area contributed by atoms with Crippen LogP contribution in [0.15, 0.2) is 47.4 Å². The van der Waals surface area contributed by atoms with Crippen molar-refractivity contribution in [2.75, 3.05) is 18.4 Å². The van der Waals surface area contributed by atoms with Gasteiger partial charge in [0.15, 0.2) is 5.05 Å². The smallest absolute Gasteiger partial charge is 0.337 e. The fraction of sp³-hybridized carbons (Fsp3) is 0.273. The summed E-state index contributed by atoms with van der Waals surface area (Å²) in [6, 6.07) is 7.37. The molecule has 0 spiro atoms. The summed E-state index contributed by atoms with van der Waals surface area (Å²) >= 11 is 4.93. The van der Waals surface area contributed by atoms with Gasteiger partial charge in [-0.1, -0.05) is 0 Å². The van der Waals surface area contributed by atoms with E-state index in [9.17, 15) is 47.7 Å². The number of non-ortho nitro benzene ring substituents is 1. The van der Waals surface area contributed by atoms with Crippen LogP contribution >= 0.6 is 12.2 Å². The van der Waals surface area contributed by atoms with E-state index in [0.29, 0.717) is 18.2 Å². The van der Waals surface area contributed by atoms with Crippen LogP contribution in [0.25, 0.3) is 0 Å². The van der Waals surface area contributed by atoms with Crippen LogP contribution in [0.5, 0.6) is 0 Å². The number of carbonyl (C=O) groups is 3. The van der Waals surface area contributed by atoms with Gasteiger partial charge in [0, 0.05) is 24.6 Å². The standard InChI is InChI=1S/C22H21N3O11S2/c26-18(27)16-9-15(38(33,34)35)5-6-17(16)24-19(28)22(21(30)37,13-7-8-23-10-13)20(29)36-11-12-1-3-14(4-2-12)25(31)32/h1-6,9,13,23H,7-8,10-11H2,(H,24,28)(H,26,27)(H,30,37)(H,33,34,35)/t13?,22-/m0/s1. The third kappa shape index (κ3) is 5.77. The molecule has 1 aliphatic rings. The van der Waals surface area contributed by atoms with Crippen molar-refractivity contribution in [1.82, 2.24) is 5.32 Å². The average molecular weight is 568 g/mol. The minimum Gasteiger partial charge on any atom is -0.501 e. The number of aliphatic hydroxyl groups excluding tert-OH is 1. The predicted octanol–water partition coefficient (Wildman–Crippen LogP) is 1.70. The Kier molecular flexibility index (Phi) is 8.41. The highest BCUT2D eigenvalue weighted by Gasteiger charge is 2.58. The lowest BCUT2D eigenvalue weighted by Crippen LogP contribution is -2.55. The fourth-order valence-corrected chi connectivity index (χ4v) is 4.84. The largest absolute Gasteiger partial charge is 0.501 e. The van der Waals surface area contributed by atoms with Crippen LogP contribution < -0.4 is 10.6 Å². The Morgan fingerprint density at radius 1 is 1.18 bits per heavy atom. The number of carbonyl (C=O) groups excluding carboxylic acids is 2. The third-order valence-corrected chi connectivity index (χ3v) is 7.15. The second-order valence-electron chi connectivity index (χ2n) is 8.24. The summed E-state index contributed by atoms with van der Waals surface area (Å²) in [5.74, 6) is -5.04. The Labute approximate surface area is 220 Å². The van der Waals surface area contributed by atoms with Crippen molar-refractivity contribution in [3.05, 3.63) is 63.7 Å². The molecular formula is C22H21N3O11S2. The summed E-state index contributed by atoms with van der Waals surface area (Å²) in [4.78, 5) is 48.2. The first-order chi connectivity index (χ1) is 17.8. The minimum atomic E-state index is -4.77. The zero-order chi connectivity index (χ0) is 28.3. The molecule has 0 radical (unpaired) electrons. The highest BCUT2D eigenvalue weighted by atomic mass is 32.2. The number of benzene rings is 2. The number of anilines is 1. The van der Waals surface area contributed by atoms with Crippen LogP contribution in [0, 0.1) is 21.4 Å². The number of carboxylic acids is 1. The maximum absolute atomic E-state index is 13.6. The van der Waals surface area contributed by atoms with Crippen LogP contribution in [0.3, 0.4) is 0 Å². The van der Waals surface area contributed by atoms with Crippen molar-refractivity contribution in [3.63, 3.8) is 0 Å². The van der Waals surface area contributed by atoms with E-state index in [2.05, 4.69) is 10.6 Å². The van der Waals surface area contributed by atoms with Crippen molar-refractivity contribution in [2.45, 2.75) is 17.9 Å². The monoisotopic (exact) mass is 567 g/mol. The molecule has 2 aromatic carbocycles. The quantitative estimate of drug-likeness (QED) is 0.0689. The number of esters is 1. The number of amides is 1. The van der Waals surface area contributed by atoms with Gasteiger partial charge >= 0.3 is 11.9 Å². The lowest BCUT2D eigenvalue weighted by molar-refractivity contribution is -0.384. The summed E-state index contributed by atoms with van der Waals surface area (Å²) in [5.41, 5.74) is -3.51. The minimum absolute atomic E-state index is 0.0637. The molecule has 0 saturated carbocycles. The Bertz CT molecular complexity index is 1400. The van der Waals surface area contributed by atoms with E-state index >= 15 is 0 Å². The number of aromatic carboxylic acids is 1. The van der Waals surface area contributed by atoms with Gasteiger partial charge < -0.3 is 25.6 Å². The number of nitrogens with one attached hydrogen (secondary N) is 2. The second-order valence-corrected chi connectivity index (χ2v) is 10.1. The molecule has 1 unspecified atom stereocenters. The van der Waals surface area contributed by atoms with Crippen LogP contribution in [-0.2, 0) is 31.1 Å². The van der Waals surface area contributed by atoms with Crippen molar-refractivity contribution in [3.8, 4) is 0 Å². The number of aliphatic hydroxyl groups is 1. The summed E-state index contributed by atoms with van der Waals surface area (Å²) in [6.45, 7) is -0.00629. The summed E-state index contributed by atoms with van der Waals surface area (Å²) in [5, 5.41) is 35.0. The number of nitrogens with zero attached hydrogens (tertiary/aromatic N) is 1. The summed E-state index contributed by atoms with van der Waals surface area (Å²) in [7, 11) is -4.77. The summed E-state index contributed by atoms with van der Waals surface area (Å²) in [6.07, 6.45) is 0.203. The van der Waals surface area contributed by atoms with E-state index in [0.717, 1.165) is 12.1 Å². The van der Waals surface area contributed by atoms with Crippen molar-refractivity contribution >= 4 is 56.6 Å². The Balaban J connectivity index is 1.97. The van der Waals surface area contributed by atoms with Gasteiger partial charge in [0.25, 0.3) is 21.7 Å². The molecule has 2 aromatic rings. The number of hydrogen-bond donors (Lipinski definition) is 5. The SMILES string of the molecule is O=C(O)c1cc(S(=O)(=O)O)ccc1NC(=O)[C@@](C(=O)OCc1ccc([N+](=O)[O-])cc1)(C(O)=S)C1CCNC1. The van der Waals surface area contributed by atoms with E-state index in [1.165, 1.54) is 24.3 Å². The van der Waals surface area contributed by atoms with Crippen molar-refractivity contribution in [1.29, 1.82) is 0 Å². The molecule has 1 aliphatic heterocycles. The first-order valence-corrected chi connectivity index (χ1v) is 12.6. The lowest BCUT2D eigenvalue weighted by atomic mass is 9.74. The number of nitro benzene ring substituents is 1. The molecule has 202 valence electrons. The summed E-state index contributed by atoms with van der Waals surface area (Å²) < 4.78 is 37.4. The van der Waals surface area contributed by atoms with E-state index in [-0.39, 0.29) is 18.7 Å². The van der Waals surface area contributed by atoms with Crippen LogP contribution in [0.2, 0.25) is 0 Å². The fourth-order valence-electron chi connectivity index (χ4n) is 4.00. The van der Waals surface area contributed by atoms with E-state index in [4.69, 9.17) is 17.0 Å². The van der Waals surface area contributed by atoms with Gasteiger partial charge in [-0.15, -0.1) is 0 Å². The highest BCUT2D eigenvalue weighted by molar-refractivity contribution is 7.85. The molecule has 2 atom stereocenters. The van der Waals surface area contributed by atoms with Gasteiger partial charge in [0.2, 0.25) is 5.41 Å².